The molecule has 3 N–H and O–H groups in total. The number of ether oxygens (including phenoxy) is 1. The molecule has 0 saturated carbocycles. The summed E-state index contributed by atoms with van der Waals surface area (Å²) < 4.78 is 32.5. The predicted octanol–water partition coefficient (Wildman–Crippen LogP) is 1.40. The lowest BCUT2D eigenvalue weighted by atomic mass is 10.1. The lowest BCUT2D eigenvalue weighted by Gasteiger charge is -2.21. The fourth-order valence-electron chi connectivity index (χ4n) is 1.84. The van der Waals surface area contributed by atoms with Crippen molar-refractivity contribution in [2.45, 2.75) is 38.3 Å². The van der Waals surface area contributed by atoms with Crippen molar-refractivity contribution in [1.29, 1.82) is 0 Å². The zero-order chi connectivity index (χ0) is 15.3. The minimum atomic E-state index is -3.56. The molecule has 0 aliphatic heterocycles. The highest BCUT2D eigenvalue weighted by Crippen LogP contribution is 2.16. The molecule has 0 radical (unpaired) electrons. The molecule has 1 rings (SSSR count). The molecule has 1 aromatic carbocycles. The van der Waals surface area contributed by atoms with Gasteiger partial charge in [-0.15, -0.1) is 0 Å². The van der Waals surface area contributed by atoms with Crippen molar-refractivity contribution < 1.29 is 13.2 Å². The van der Waals surface area contributed by atoms with E-state index in [2.05, 4.69) is 4.72 Å². The molecule has 114 valence electrons. The second kappa shape index (κ2) is 7.17. The number of nitrogens with two attached hydrogens (primary N) is 1. The summed E-state index contributed by atoms with van der Waals surface area (Å²) in [5.41, 5.74) is 7.45. The second-order valence-corrected chi connectivity index (χ2v) is 6.93. The van der Waals surface area contributed by atoms with Crippen LogP contribution in [0.25, 0.3) is 0 Å². The number of rotatable bonds is 7. The summed E-state index contributed by atoms with van der Waals surface area (Å²) in [5, 5.41) is 0. The van der Waals surface area contributed by atoms with Crippen molar-refractivity contribution in [3.63, 3.8) is 0 Å². The van der Waals surface area contributed by atoms with E-state index in [1.807, 2.05) is 20.8 Å². The molecule has 20 heavy (non-hydrogen) atoms. The van der Waals surface area contributed by atoms with Gasteiger partial charge < -0.3 is 10.5 Å². The third kappa shape index (κ3) is 4.28. The topological polar surface area (TPSA) is 81.4 Å². The quantitative estimate of drug-likeness (QED) is 0.797. The van der Waals surface area contributed by atoms with E-state index in [0.29, 0.717) is 13.2 Å². The SMILES string of the molecule is COCC(NS(=O)(=O)c1ccc(C)c(CN)c1)C(C)C. The smallest absolute Gasteiger partial charge is 0.240 e. The van der Waals surface area contributed by atoms with Gasteiger partial charge in [-0.1, -0.05) is 19.9 Å². The lowest BCUT2D eigenvalue weighted by molar-refractivity contribution is 0.157. The minimum absolute atomic E-state index is 0.143. The molecular formula is C14H24N2O3S. The lowest BCUT2D eigenvalue weighted by Crippen LogP contribution is -2.41. The first-order chi connectivity index (χ1) is 9.31. The average Bonchev–Trinajstić information content (AvgIpc) is 2.38. The van der Waals surface area contributed by atoms with Crippen molar-refractivity contribution in [3.8, 4) is 0 Å². The van der Waals surface area contributed by atoms with E-state index in [1.165, 1.54) is 0 Å². The number of nitrogens with one attached hydrogen (secondary N) is 1. The largest absolute Gasteiger partial charge is 0.383 e. The van der Waals surface area contributed by atoms with E-state index in [1.54, 1.807) is 25.3 Å². The van der Waals surface area contributed by atoms with E-state index in [0.717, 1.165) is 11.1 Å². The van der Waals surface area contributed by atoms with Crippen LogP contribution >= 0.6 is 0 Å². The number of hydrogen-bond donors (Lipinski definition) is 2. The highest BCUT2D eigenvalue weighted by Gasteiger charge is 2.22. The molecule has 1 aromatic rings. The molecule has 6 heteroatoms. The zero-order valence-electron chi connectivity index (χ0n) is 12.5. The summed E-state index contributed by atoms with van der Waals surface area (Å²) in [5.74, 6) is 0.143. The van der Waals surface area contributed by atoms with Crippen molar-refractivity contribution in [2.24, 2.45) is 11.7 Å². The Morgan fingerprint density at radius 1 is 1.35 bits per heavy atom. The molecule has 1 unspecified atom stereocenters. The summed E-state index contributed by atoms with van der Waals surface area (Å²) in [7, 11) is -2.00. The van der Waals surface area contributed by atoms with Gasteiger partial charge in [-0.25, -0.2) is 13.1 Å². The van der Waals surface area contributed by atoms with Crippen LogP contribution in [0.2, 0.25) is 0 Å². The van der Waals surface area contributed by atoms with Gasteiger partial charge in [0.1, 0.15) is 0 Å². The molecule has 0 amide bonds. The first-order valence-corrected chi connectivity index (χ1v) is 8.11. The number of methoxy groups -OCH3 is 1. The van der Waals surface area contributed by atoms with E-state index in [9.17, 15) is 8.42 Å². The summed E-state index contributed by atoms with van der Waals surface area (Å²) in [6, 6.07) is 4.74. The van der Waals surface area contributed by atoms with Crippen molar-refractivity contribution >= 4 is 10.0 Å². The fourth-order valence-corrected chi connectivity index (χ4v) is 3.26. The number of hydrogen-bond acceptors (Lipinski definition) is 4. The van der Waals surface area contributed by atoms with E-state index < -0.39 is 10.0 Å². The molecule has 0 aromatic heterocycles. The van der Waals surface area contributed by atoms with Crippen LogP contribution in [0.15, 0.2) is 23.1 Å². The van der Waals surface area contributed by atoms with Crippen molar-refractivity contribution in [2.75, 3.05) is 13.7 Å². The van der Waals surface area contributed by atoms with Gasteiger partial charge in [0.05, 0.1) is 11.5 Å². The van der Waals surface area contributed by atoms with Crippen LogP contribution in [0, 0.1) is 12.8 Å². The highest BCUT2D eigenvalue weighted by molar-refractivity contribution is 7.89. The summed E-state index contributed by atoms with van der Waals surface area (Å²) in [6.45, 7) is 6.47. The Bertz CT molecular complexity index is 541. The number of benzene rings is 1. The average molecular weight is 300 g/mol. The van der Waals surface area contributed by atoms with Crippen LogP contribution in [-0.4, -0.2) is 28.2 Å². The van der Waals surface area contributed by atoms with Crippen LogP contribution in [-0.2, 0) is 21.3 Å². The standard InChI is InChI=1S/C14H24N2O3S/c1-10(2)14(9-19-4)16-20(17,18)13-6-5-11(3)12(7-13)8-15/h5-7,10,14,16H,8-9,15H2,1-4H3. The van der Waals surface area contributed by atoms with Crippen LogP contribution in [0.1, 0.15) is 25.0 Å². The molecule has 0 spiro atoms. The van der Waals surface area contributed by atoms with E-state index in [4.69, 9.17) is 10.5 Å². The minimum Gasteiger partial charge on any atom is -0.383 e. The maximum atomic E-state index is 12.4. The Morgan fingerprint density at radius 3 is 2.50 bits per heavy atom. The Hall–Kier alpha value is -0.950. The third-order valence-corrected chi connectivity index (χ3v) is 4.80. The Kier molecular flexibility index (Phi) is 6.13. The van der Waals surface area contributed by atoms with Crippen molar-refractivity contribution in [3.05, 3.63) is 29.3 Å². The van der Waals surface area contributed by atoms with Crippen LogP contribution in [0.3, 0.4) is 0 Å². The second-order valence-electron chi connectivity index (χ2n) is 5.22. The summed E-state index contributed by atoms with van der Waals surface area (Å²) >= 11 is 0. The van der Waals surface area contributed by atoms with Gasteiger partial charge >= 0.3 is 0 Å². The van der Waals surface area contributed by atoms with Gasteiger partial charge in [0.15, 0.2) is 0 Å². The van der Waals surface area contributed by atoms with Gasteiger partial charge in [-0.2, -0.15) is 0 Å². The Balaban J connectivity index is 3.04. The van der Waals surface area contributed by atoms with Gasteiger partial charge in [-0.3, -0.25) is 0 Å². The number of sulfonamides is 1. The molecule has 5 nitrogen and oxygen atoms in total. The first kappa shape index (κ1) is 17.1. The number of aryl methyl sites for hydroxylation is 1. The maximum absolute atomic E-state index is 12.4. The molecule has 1 atom stereocenters. The maximum Gasteiger partial charge on any atom is 0.240 e. The predicted molar refractivity (Wildman–Crippen MR) is 79.9 cm³/mol. The molecule has 0 aliphatic rings. The normalized spacial score (nSPS) is 13.7. The highest BCUT2D eigenvalue weighted by atomic mass is 32.2. The Labute approximate surface area is 121 Å². The van der Waals surface area contributed by atoms with Gasteiger partial charge in [0, 0.05) is 19.7 Å². The fraction of sp³-hybridized carbons (Fsp3) is 0.571. The molecule has 0 bridgehead atoms. The molecule has 0 fully saturated rings. The first-order valence-electron chi connectivity index (χ1n) is 6.62. The van der Waals surface area contributed by atoms with Crippen LogP contribution in [0.4, 0.5) is 0 Å². The third-order valence-electron chi connectivity index (χ3n) is 3.31. The van der Waals surface area contributed by atoms with Crippen LogP contribution in [0.5, 0.6) is 0 Å². The van der Waals surface area contributed by atoms with Crippen LogP contribution < -0.4 is 10.5 Å². The van der Waals surface area contributed by atoms with Gasteiger partial charge in [0.25, 0.3) is 0 Å². The van der Waals surface area contributed by atoms with E-state index >= 15 is 0 Å². The van der Waals surface area contributed by atoms with Crippen molar-refractivity contribution in [1.82, 2.24) is 4.72 Å². The molecule has 0 saturated heterocycles. The van der Waals surface area contributed by atoms with Gasteiger partial charge in [-0.05, 0) is 36.1 Å². The molecule has 0 aliphatic carbocycles. The monoisotopic (exact) mass is 300 g/mol. The molecule has 0 heterocycles. The Morgan fingerprint density at radius 2 is 2.00 bits per heavy atom. The summed E-state index contributed by atoms with van der Waals surface area (Å²) in [6.07, 6.45) is 0. The van der Waals surface area contributed by atoms with Gasteiger partial charge in [0.2, 0.25) is 10.0 Å². The zero-order valence-corrected chi connectivity index (χ0v) is 13.3. The van der Waals surface area contributed by atoms with E-state index in [-0.39, 0.29) is 16.9 Å². The molecular weight excluding hydrogens is 276 g/mol. The summed E-state index contributed by atoms with van der Waals surface area (Å²) in [4.78, 5) is 0.241.